The third-order valence-corrected chi connectivity index (χ3v) is 2.82. The van der Waals surface area contributed by atoms with Crippen molar-refractivity contribution in [2.45, 2.75) is 33.2 Å². The van der Waals surface area contributed by atoms with E-state index in [4.69, 9.17) is 10.8 Å². The molecule has 1 atom stereocenters. The molecule has 0 bridgehead atoms. The number of hydrogen-bond donors (Lipinski definition) is 3. The quantitative estimate of drug-likeness (QED) is 0.738. The molecule has 0 aliphatic carbocycles. The third-order valence-electron chi connectivity index (χ3n) is 2.82. The first-order valence-electron chi connectivity index (χ1n) is 5.98. The van der Waals surface area contributed by atoms with Gasteiger partial charge in [0.1, 0.15) is 5.69 Å². The Balaban J connectivity index is 2.87. The van der Waals surface area contributed by atoms with Crippen molar-refractivity contribution in [3.63, 3.8) is 0 Å². The average molecular weight is 251 g/mol. The highest BCUT2D eigenvalue weighted by Gasteiger charge is 2.24. The van der Waals surface area contributed by atoms with Gasteiger partial charge in [0, 0.05) is 24.5 Å². The molecule has 5 nitrogen and oxygen atoms in total. The molecule has 1 unspecified atom stereocenters. The second kappa shape index (κ2) is 5.82. The van der Waals surface area contributed by atoms with Crippen LogP contribution in [0.5, 0.6) is 0 Å². The van der Waals surface area contributed by atoms with E-state index in [0.717, 1.165) is 5.69 Å². The van der Waals surface area contributed by atoms with Crippen LogP contribution in [-0.2, 0) is 0 Å². The first-order chi connectivity index (χ1) is 8.34. The monoisotopic (exact) mass is 251 g/mol. The van der Waals surface area contributed by atoms with Gasteiger partial charge in [0.25, 0.3) is 5.91 Å². The molecule has 18 heavy (non-hydrogen) atoms. The molecule has 0 saturated heterocycles. The van der Waals surface area contributed by atoms with Crippen LogP contribution in [0.3, 0.4) is 0 Å². The van der Waals surface area contributed by atoms with Crippen molar-refractivity contribution in [3.05, 3.63) is 24.0 Å². The third kappa shape index (κ3) is 4.00. The Hall–Kier alpha value is -1.62. The summed E-state index contributed by atoms with van der Waals surface area (Å²) in [4.78, 5) is 14.9. The van der Waals surface area contributed by atoms with Crippen molar-refractivity contribution in [2.75, 3.05) is 11.9 Å². The lowest BCUT2D eigenvalue weighted by molar-refractivity contribution is 0.0995. The molecular formula is C13H21N3O2. The van der Waals surface area contributed by atoms with E-state index >= 15 is 0 Å². The number of rotatable bonds is 5. The normalized spacial score (nSPS) is 13.1. The van der Waals surface area contributed by atoms with E-state index in [1.165, 1.54) is 0 Å². The van der Waals surface area contributed by atoms with Gasteiger partial charge in [-0.2, -0.15) is 0 Å². The standard InChI is InChI=1S/C13H21N3O2/c1-13(2,3)11(5-7-17)16-9-4-6-15-10(8-9)12(14)18/h4,6,8,11,17H,5,7H2,1-3H3,(H2,14,18)(H,15,16). The number of nitrogens with one attached hydrogen (secondary N) is 1. The number of amides is 1. The zero-order valence-corrected chi connectivity index (χ0v) is 11.1. The van der Waals surface area contributed by atoms with Crippen molar-refractivity contribution >= 4 is 11.6 Å². The van der Waals surface area contributed by atoms with Gasteiger partial charge in [-0.15, -0.1) is 0 Å². The first-order valence-corrected chi connectivity index (χ1v) is 5.98. The first kappa shape index (κ1) is 14.4. The van der Waals surface area contributed by atoms with Gasteiger partial charge in [-0.3, -0.25) is 9.78 Å². The number of hydrogen-bond acceptors (Lipinski definition) is 4. The van der Waals surface area contributed by atoms with Crippen LogP contribution in [0.1, 0.15) is 37.7 Å². The van der Waals surface area contributed by atoms with E-state index in [9.17, 15) is 4.79 Å². The van der Waals surface area contributed by atoms with Crippen molar-refractivity contribution in [3.8, 4) is 0 Å². The highest BCUT2D eigenvalue weighted by Crippen LogP contribution is 2.25. The summed E-state index contributed by atoms with van der Waals surface area (Å²) in [6.07, 6.45) is 2.18. The van der Waals surface area contributed by atoms with Gasteiger partial charge < -0.3 is 16.2 Å². The minimum Gasteiger partial charge on any atom is -0.396 e. The summed E-state index contributed by atoms with van der Waals surface area (Å²) in [6, 6.07) is 3.51. The number of carbonyl (C=O) groups excluding carboxylic acids is 1. The van der Waals surface area contributed by atoms with Crippen LogP contribution in [0.15, 0.2) is 18.3 Å². The molecule has 100 valence electrons. The molecule has 0 fully saturated rings. The van der Waals surface area contributed by atoms with Crippen LogP contribution in [0.25, 0.3) is 0 Å². The summed E-state index contributed by atoms with van der Waals surface area (Å²) in [5.74, 6) is -0.548. The Morgan fingerprint density at radius 1 is 1.56 bits per heavy atom. The SMILES string of the molecule is CC(C)(C)C(CCO)Nc1ccnc(C(N)=O)c1. The van der Waals surface area contributed by atoms with Gasteiger partial charge in [0.15, 0.2) is 0 Å². The molecule has 0 aliphatic heterocycles. The maximum atomic E-state index is 11.1. The van der Waals surface area contributed by atoms with Gasteiger partial charge in [0.05, 0.1) is 0 Å². The zero-order chi connectivity index (χ0) is 13.8. The topological polar surface area (TPSA) is 88.2 Å². The molecule has 4 N–H and O–H groups in total. The number of primary amides is 1. The van der Waals surface area contributed by atoms with Crippen LogP contribution in [-0.4, -0.2) is 28.6 Å². The van der Waals surface area contributed by atoms with Gasteiger partial charge in [-0.1, -0.05) is 20.8 Å². The van der Waals surface area contributed by atoms with Gasteiger partial charge in [-0.05, 0) is 24.0 Å². The Bertz CT molecular complexity index is 413. The van der Waals surface area contributed by atoms with Crippen LogP contribution >= 0.6 is 0 Å². The maximum absolute atomic E-state index is 11.1. The molecule has 1 amide bonds. The number of carbonyl (C=O) groups is 1. The molecule has 0 aromatic carbocycles. The molecule has 0 aliphatic rings. The van der Waals surface area contributed by atoms with E-state index in [0.29, 0.717) is 6.42 Å². The minimum atomic E-state index is -0.548. The average Bonchev–Trinajstić information content (AvgIpc) is 2.27. The Labute approximate surface area is 107 Å². The van der Waals surface area contributed by atoms with Gasteiger partial charge >= 0.3 is 0 Å². The van der Waals surface area contributed by atoms with Crippen LogP contribution in [0.4, 0.5) is 5.69 Å². The van der Waals surface area contributed by atoms with E-state index in [1.54, 1.807) is 18.3 Å². The molecular weight excluding hydrogens is 230 g/mol. The number of pyridine rings is 1. The summed E-state index contributed by atoms with van der Waals surface area (Å²) in [5.41, 5.74) is 6.21. The molecule has 0 saturated carbocycles. The highest BCUT2D eigenvalue weighted by atomic mass is 16.3. The van der Waals surface area contributed by atoms with Crippen LogP contribution < -0.4 is 11.1 Å². The molecule has 0 radical (unpaired) electrons. The molecule has 0 spiro atoms. The molecule has 1 aromatic rings. The fourth-order valence-corrected chi connectivity index (χ4v) is 1.71. The number of aliphatic hydroxyl groups is 1. The number of nitrogens with two attached hydrogens (primary N) is 1. The smallest absolute Gasteiger partial charge is 0.267 e. The van der Waals surface area contributed by atoms with Crippen molar-refractivity contribution in [1.29, 1.82) is 0 Å². The van der Waals surface area contributed by atoms with Crippen LogP contribution in [0.2, 0.25) is 0 Å². The molecule has 1 aromatic heterocycles. The minimum absolute atomic E-state index is 0.00110. The summed E-state index contributed by atoms with van der Waals surface area (Å²) in [7, 11) is 0. The van der Waals surface area contributed by atoms with Gasteiger partial charge in [0.2, 0.25) is 0 Å². The van der Waals surface area contributed by atoms with E-state index in [1.807, 2.05) is 0 Å². The van der Waals surface area contributed by atoms with Gasteiger partial charge in [-0.25, -0.2) is 0 Å². The fourth-order valence-electron chi connectivity index (χ4n) is 1.71. The Morgan fingerprint density at radius 3 is 2.72 bits per heavy atom. The lowest BCUT2D eigenvalue weighted by Gasteiger charge is -2.32. The lowest BCUT2D eigenvalue weighted by Crippen LogP contribution is -2.35. The van der Waals surface area contributed by atoms with Crippen molar-refractivity contribution in [2.24, 2.45) is 11.1 Å². The number of nitrogens with zero attached hydrogens (tertiary/aromatic N) is 1. The van der Waals surface area contributed by atoms with Crippen molar-refractivity contribution < 1.29 is 9.90 Å². The van der Waals surface area contributed by atoms with Crippen molar-refractivity contribution in [1.82, 2.24) is 4.98 Å². The highest BCUT2D eigenvalue weighted by molar-refractivity contribution is 5.91. The predicted molar refractivity (Wildman–Crippen MR) is 71.3 cm³/mol. The Morgan fingerprint density at radius 2 is 2.22 bits per heavy atom. The molecule has 1 heterocycles. The Kier molecular flexibility index (Phi) is 4.67. The van der Waals surface area contributed by atoms with E-state index < -0.39 is 5.91 Å². The summed E-state index contributed by atoms with van der Waals surface area (Å²) >= 11 is 0. The molecule has 1 rings (SSSR count). The zero-order valence-electron chi connectivity index (χ0n) is 11.1. The largest absolute Gasteiger partial charge is 0.396 e. The second-order valence-electron chi connectivity index (χ2n) is 5.37. The van der Waals surface area contributed by atoms with Crippen LogP contribution in [0, 0.1) is 5.41 Å². The lowest BCUT2D eigenvalue weighted by atomic mass is 9.85. The van der Waals surface area contributed by atoms with E-state index in [-0.39, 0.29) is 23.8 Å². The maximum Gasteiger partial charge on any atom is 0.267 e. The number of aliphatic hydroxyl groups excluding tert-OH is 1. The summed E-state index contributed by atoms with van der Waals surface area (Å²) < 4.78 is 0. The fraction of sp³-hybridized carbons (Fsp3) is 0.538. The summed E-state index contributed by atoms with van der Waals surface area (Å²) in [5, 5.41) is 12.4. The molecule has 5 heteroatoms. The summed E-state index contributed by atoms with van der Waals surface area (Å²) in [6.45, 7) is 6.40. The second-order valence-corrected chi connectivity index (χ2v) is 5.37. The predicted octanol–water partition coefficient (Wildman–Crippen LogP) is 1.39. The number of anilines is 1. The number of aromatic nitrogens is 1. The van der Waals surface area contributed by atoms with E-state index in [2.05, 4.69) is 31.1 Å².